The fourth-order valence-electron chi connectivity index (χ4n) is 1.45. The van der Waals surface area contributed by atoms with Gasteiger partial charge in [0.25, 0.3) is 0 Å². The Kier molecular flexibility index (Phi) is 2.82. The molecule has 0 atom stereocenters. The lowest BCUT2D eigenvalue weighted by Gasteiger charge is -2.11. The molecule has 0 bridgehead atoms. The molecule has 76 valence electrons. The van der Waals surface area contributed by atoms with Crippen molar-refractivity contribution >= 4 is 39.1 Å². The molecule has 0 unspecified atom stereocenters. The SMILES string of the molecule is NC1(Cc2cc(Br)cc(Cl)c2Cl)CC1. The third kappa shape index (κ3) is 2.25. The molecule has 14 heavy (non-hydrogen) atoms. The lowest BCUT2D eigenvalue weighted by Crippen LogP contribution is -2.24. The first-order chi connectivity index (χ1) is 6.50. The van der Waals surface area contributed by atoms with Crippen molar-refractivity contribution in [3.8, 4) is 0 Å². The number of hydrogen-bond donors (Lipinski definition) is 1. The summed E-state index contributed by atoms with van der Waals surface area (Å²) >= 11 is 15.4. The molecular formula is C10H10BrCl2N. The summed E-state index contributed by atoms with van der Waals surface area (Å²) in [5.74, 6) is 0. The molecule has 1 aromatic carbocycles. The van der Waals surface area contributed by atoms with Crippen molar-refractivity contribution < 1.29 is 0 Å². The maximum absolute atomic E-state index is 6.09. The first-order valence-electron chi connectivity index (χ1n) is 4.42. The van der Waals surface area contributed by atoms with E-state index in [1.807, 2.05) is 6.07 Å². The van der Waals surface area contributed by atoms with Crippen molar-refractivity contribution in [2.24, 2.45) is 5.73 Å². The predicted molar refractivity (Wildman–Crippen MR) is 64.0 cm³/mol. The zero-order valence-electron chi connectivity index (χ0n) is 7.49. The topological polar surface area (TPSA) is 26.0 Å². The van der Waals surface area contributed by atoms with E-state index >= 15 is 0 Å². The van der Waals surface area contributed by atoms with Crippen LogP contribution in [0.15, 0.2) is 16.6 Å². The van der Waals surface area contributed by atoms with E-state index in [0.29, 0.717) is 10.0 Å². The number of halogens is 3. The first-order valence-corrected chi connectivity index (χ1v) is 5.97. The molecular weight excluding hydrogens is 285 g/mol. The second-order valence-corrected chi connectivity index (χ2v) is 5.60. The van der Waals surface area contributed by atoms with Gasteiger partial charge in [0, 0.05) is 10.0 Å². The summed E-state index contributed by atoms with van der Waals surface area (Å²) in [4.78, 5) is 0. The molecule has 0 aromatic heterocycles. The van der Waals surface area contributed by atoms with Crippen LogP contribution in [0.2, 0.25) is 10.0 Å². The average molecular weight is 295 g/mol. The Morgan fingerprint density at radius 1 is 1.36 bits per heavy atom. The second-order valence-electron chi connectivity index (χ2n) is 3.90. The Morgan fingerprint density at radius 3 is 2.57 bits per heavy atom. The molecule has 1 aromatic rings. The number of rotatable bonds is 2. The maximum atomic E-state index is 6.09. The van der Waals surface area contributed by atoms with Crippen molar-refractivity contribution in [2.45, 2.75) is 24.8 Å². The van der Waals surface area contributed by atoms with E-state index < -0.39 is 0 Å². The van der Waals surface area contributed by atoms with Crippen molar-refractivity contribution in [1.29, 1.82) is 0 Å². The van der Waals surface area contributed by atoms with Crippen molar-refractivity contribution in [2.75, 3.05) is 0 Å². The highest BCUT2D eigenvalue weighted by Crippen LogP contribution is 2.39. The Morgan fingerprint density at radius 2 is 2.00 bits per heavy atom. The smallest absolute Gasteiger partial charge is 0.0625 e. The van der Waals surface area contributed by atoms with E-state index in [2.05, 4.69) is 15.9 Å². The molecule has 1 fully saturated rings. The van der Waals surface area contributed by atoms with Crippen molar-refractivity contribution in [3.05, 3.63) is 32.2 Å². The zero-order chi connectivity index (χ0) is 10.3. The van der Waals surface area contributed by atoms with Gasteiger partial charge in [-0.3, -0.25) is 0 Å². The van der Waals surface area contributed by atoms with E-state index in [1.165, 1.54) is 0 Å². The fourth-order valence-corrected chi connectivity index (χ4v) is 2.51. The van der Waals surface area contributed by atoms with Crippen LogP contribution in [-0.4, -0.2) is 5.54 Å². The van der Waals surface area contributed by atoms with Gasteiger partial charge in [-0.2, -0.15) is 0 Å². The monoisotopic (exact) mass is 293 g/mol. The Labute approximate surface area is 102 Å². The molecule has 1 aliphatic carbocycles. The molecule has 0 saturated heterocycles. The molecule has 4 heteroatoms. The minimum absolute atomic E-state index is 0.0340. The standard InChI is InChI=1S/C10H10BrCl2N/c11-7-3-6(5-10(14)1-2-10)9(13)8(12)4-7/h3-4H,1-2,5,14H2. The second kappa shape index (κ2) is 3.67. The van der Waals surface area contributed by atoms with Gasteiger partial charge in [0.1, 0.15) is 0 Å². The van der Waals surface area contributed by atoms with Crippen molar-refractivity contribution in [1.82, 2.24) is 0 Å². The van der Waals surface area contributed by atoms with Crippen LogP contribution in [0, 0.1) is 0 Å². The zero-order valence-corrected chi connectivity index (χ0v) is 10.6. The van der Waals surface area contributed by atoms with Crippen LogP contribution in [-0.2, 0) is 6.42 Å². The third-order valence-corrected chi connectivity index (χ3v) is 3.80. The third-order valence-electron chi connectivity index (χ3n) is 2.50. The Bertz CT molecular complexity index is 375. The van der Waals surface area contributed by atoms with E-state index in [-0.39, 0.29) is 5.54 Å². The van der Waals surface area contributed by atoms with Crippen LogP contribution in [0.5, 0.6) is 0 Å². The molecule has 2 rings (SSSR count). The van der Waals surface area contributed by atoms with Crippen LogP contribution in [0.3, 0.4) is 0 Å². The van der Waals surface area contributed by atoms with Crippen LogP contribution in [0.25, 0.3) is 0 Å². The summed E-state index contributed by atoms with van der Waals surface area (Å²) < 4.78 is 0.950. The van der Waals surface area contributed by atoms with E-state index in [0.717, 1.165) is 29.3 Å². The number of nitrogens with two attached hydrogens (primary N) is 1. The molecule has 1 saturated carbocycles. The molecule has 0 heterocycles. The van der Waals surface area contributed by atoms with Crippen LogP contribution in [0.4, 0.5) is 0 Å². The summed E-state index contributed by atoms with van der Waals surface area (Å²) in [5.41, 5.74) is 7.03. The Hall–Kier alpha value is 0.240. The van der Waals surface area contributed by atoms with Gasteiger partial charge in [-0.05, 0) is 37.0 Å². The highest BCUT2D eigenvalue weighted by molar-refractivity contribution is 9.10. The molecule has 0 radical (unpaired) electrons. The van der Waals surface area contributed by atoms with E-state index in [9.17, 15) is 0 Å². The van der Waals surface area contributed by atoms with Crippen LogP contribution in [0.1, 0.15) is 18.4 Å². The predicted octanol–water partition coefficient (Wildman–Crippen LogP) is 3.79. The van der Waals surface area contributed by atoms with Crippen LogP contribution < -0.4 is 5.73 Å². The van der Waals surface area contributed by atoms with Gasteiger partial charge < -0.3 is 5.73 Å². The van der Waals surface area contributed by atoms with Gasteiger partial charge in [-0.15, -0.1) is 0 Å². The van der Waals surface area contributed by atoms with Gasteiger partial charge in [-0.1, -0.05) is 39.1 Å². The van der Waals surface area contributed by atoms with Gasteiger partial charge in [0.2, 0.25) is 0 Å². The summed E-state index contributed by atoms with van der Waals surface area (Å²) in [7, 11) is 0. The summed E-state index contributed by atoms with van der Waals surface area (Å²) in [6.45, 7) is 0. The molecule has 0 spiro atoms. The van der Waals surface area contributed by atoms with E-state index in [1.54, 1.807) is 6.07 Å². The van der Waals surface area contributed by atoms with Crippen LogP contribution >= 0.6 is 39.1 Å². The highest BCUT2D eigenvalue weighted by Gasteiger charge is 2.38. The lowest BCUT2D eigenvalue weighted by atomic mass is 10.1. The quantitative estimate of drug-likeness (QED) is 0.825. The van der Waals surface area contributed by atoms with Gasteiger partial charge >= 0.3 is 0 Å². The minimum Gasteiger partial charge on any atom is -0.325 e. The van der Waals surface area contributed by atoms with E-state index in [4.69, 9.17) is 28.9 Å². The number of benzene rings is 1. The maximum Gasteiger partial charge on any atom is 0.0625 e. The van der Waals surface area contributed by atoms with Gasteiger partial charge in [0.05, 0.1) is 10.0 Å². The van der Waals surface area contributed by atoms with Gasteiger partial charge in [0.15, 0.2) is 0 Å². The van der Waals surface area contributed by atoms with Gasteiger partial charge in [-0.25, -0.2) is 0 Å². The summed E-state index contributed by atoms with van der Waals surface area (Å²) in [5, 5.41) is 1.21. The largest absolute Gasteiger partial charge is 0.325 e. The Balaban J connectivity index is 2.32. The molecule has 0 amide bonds. The van der Waals surface area contributed by atoms with Crippen molar-refractivity contribution in [3.63, 3.8) is 0 Å². The fraction of sp³-hybridized carbons (Fsp3) is 0.400. The summed E-state index contributed by atoms with van der Waals surface area (Å²) in [6.07, 6.45) is 2.96. The normalized spacial score (nSPS) is 18.3. The molecule has 1 aliphatic rings. The summed E-state index contributed by atoms with van der Waals surface area (Å²) in [6, 6.07) is 3.78. The molecule has 0 aliphatic heterocycles. The average Bonchev–Trinajstić information content (AvgIpc) is 2.79. The molecule has 1 nitrogen and oxygen atoms in total. The highest BCUT2D eigenvalue weighted by atomic mass is 79.9. The number of hydrogen-bond acceptors (Lipinski definition) is 1. The minimum atomic E-state index is -0.0340. The first kappa shape index (κ1) is 10.7. The molecule has 2 N–H and O–H groups in total. The lowest BCUT2D eigenvalue weighted by molar-refractivity contribution is 0.672.